The highest BCUT2D eigenvalue weighted by molar-refractivity contribution is 7.99. The van der Waals surface area contributed by atoms with Crippen LogP contribution in [0, 0.1) is 0 Å². The van der Waals surface area contributed by atoms with Gasteiger partial charge in [0.05, 0.1) is 18.6 Å². The third kappa shape index (κ3) is 6.41. The number of carbonyl (C=O) groups excluding carboxylic acids is 1. The van der Waals surface area contributed by atoms with Gasteiger partial charge in [-0.2, -0.15) is 0 Å². The van der Waals surface area contributed by atoms with Crippen LogP contribution in [0.2, 0.25) is 0 Å². The molecule has 202 valence electrons. The summed E-state index contributed by atoms with van der Waals surface area (Å²) >= 11 is 1.25. The lowest BCUT2D eigenvalue weighted by molar-refractivity contribution is -0.113. The van der Waals surface area contributed by atoms with Gasteiger partial charge < -0.3 is 10.1 Å². The van der Waals surface area contributed by atoms with Crippen LogP contribution in [0.1, 0.15) is 5.56 Å². The third-order valence-corrected chi connectivity index (χ3v) is 7.15. The number of ether oxygens (including phenoxy) is 1. The quantitative estimate of drug-likeness (QED) is 0.249. The van der Waals surface area contributed by atoms with E-state index in [1.165, 1.54) is 22.4 Å². The van der Waals surface area contributed by atoms with Crippen LogP contribution in [-0.2, 0) is 17.8 Å². The fourth-order valence-corrected chi connectivity index (χ4v) is 4.97. The Bertz CT molecular complexity index is 1710. The van der Waals surface area contributed by atoms with Gasteiger partial charge in [-0.3, -0.25) is 23.7 Å². The summed E-state index contributed by atoms with van der Waals surface area (Å²) in [6, 6.07) is 28.2. The first kappa shape index (κ1) is 26.8. The molecule has 1 amide bonds. The molecule has 0 saturated carbocycles. The number of anilines is 1. The van der Waals surface area contributed by atoms with E-state index in [0.717, 1.165) is 28.3 Å². The number of hydrogen-bond acceptors (Lipinski definition) is 6. The van der Waals surface area contributed by atoms with E-state index in [0.29, 0.717) is 18.1 Å². The number of thioether (sulfide) groups is 1. The third-order valence-electron chi connectivity index (χ3n) is 6.19. The smallest absolute Gasteiger partial charge is 0.329 e. The maximum absolute atomic E-state index is 13.0. The molecule has 0 spiro atoms. The number of carbonyl (C=O) groups is 1. The number of aryl methyl sites for hydroxylation is 1. The summed E-state index contributed by atoms with van der Waals surface area (Å²) < 4.78 is 8.57. The van der Waals surface area contributed by atoms with Gasteiger partial charge in [0.1, 0.15) is 11.6 Å². The van der Waals surface area contributed by atoms with Gasteiger partial charge in [-0.05, 0) is 36.2 Å². The van der Waals surface area contributed by atoms with Crippen molar-refractivity contribution in [2.45, 2.75) is 18.1 Å². The highest BCUT2D eigenvalue weighted by atomic mass is 32.2. The first-order valence-electron chi connectivity index (χ1n) is 12.6. The summed E-state index contributed by atoms with van der Waals surface area (Å²) in [6.07, 6.45) is 2.49. The molecule has 2 N–H and O–H groups in total. The van der Waals surface area contributed by atoms with Crippen LogP contribution < -0.4 is 21.3 Å². The molecular formula is C30H27N5O4S. The number of methoxy groups -OCH3 is 1. The predicted octanol–water partition coefficient (Wildman–Crippen LogP) is 4.37. The van der Waals surface area contributed by atoms with Crippen molar-refractivity contribution in [3.8, 4) is 22.7 Å². The number of H-pyrrole nitrogens is 1. The Labute approximate surface area is 234 Å². The minimum atomic E-state index is -0.577. The van der Waals surface area contributed by atoms with Crippen LogP contribution in [0.4, 0.5) is 5.82 Å². The molecule has 40 heavy (non-hydrogen) atoms. The molecule has 5 aromatic rings. The molecule has 2 heterocycles. The second-order valence-corrected chi connectivity index (χ2v) is 9.83. The van der Waals surface area contributed by atoms with Crippen LogP contribution in [0.15, 0.2) is 112 Å². The van der Waals surface area contributed by atoms with Gasteiger partial charge in [0.15, 0.2) is 5.16 Å². The van der Waals surface area contributed by atoms with Gasteiger partial charge in [0.2, 0.25) is 5.91 Å². The number of amides is 1. The molecule has 0 aliphatic rings. The van der Waals surface area contributed by atoms with E-state index in [4.69, 9.17) is 9.72 Å². The van der Waals surface area contributed by atoms with Gasteiger partial charge in [0, 0.05) is 30.1 Å². The van der Waals surface area contributed by atoms with Crippen LogP contribution in [0.25, 0.3) is 16.9 Å². The number of aromatic nitrogens is 4. The van der Waals surface area contributed by atoms with Crippen molar-refractivity contribution in [1.82, 2.24) is 19.1 Å². The maximum atomic E-state index is 13.0. The van der Waals surface area contributed by atoms with E-state index >= 15 is 0 Å². The molecule has 0 radical (unpaired) electrons. The summed E-state index contributed by atoms with van der Waals surface area (Å²) in [5.74, 6) is 0.533. The number of rotatable bonds is 10. The highest BCUT2D eigenvalue weighted by Gasteiger charge is 2.16. The van der Waals surface area contributed by atoms with Crippen LogP contribution >= 0.6 is 11.8 Å². The normalized spacial score (nSPS) is 10.8. The highest BCUT2D eigenvalue weighted by Crippen LogP contribution is 2.28. The molecule has 9 nitrogen and oxygen atoms in total. The summed E-state index contributed by atoms with van der Waals surface area (Å²) in [5, 5.41) is 3.36. The van der Waals surface area contributed by atoms with Crippen molar-refractivity contribution in [2.75, 3.05) is 18.2 Å². The Morgan fingerprint density at radius 2 is 1.68 bits per heavy atom. The number of nitrogens with zero attached hydrogens (tertiary/aromatic N) is 3. The summed E-state index contributed by atoms with van der Waals surface area (Å²) in [7, 11) is 1.61. The van der Waals surface area contributed by atoms with E-state index in [-0.39, 0.29) is 17.5 Å². The Morgan fingerprint density at radius 1 is 0.975 bits per heavy atom. The Balaban J connectivity index is 1.35. The zero-order valence-electron chi connectivity index (χ0n) is 21.7. The van der Waals surface area contributed by atoms with Gasteiger partial charge in [-0.15, -0.1) is 0 Å². The number of aromatic amines is 1. The second-order valence-electron chi connectivity index (χ2n) is 8.89. The Kier molecular flexibility index (Phi) is 8.26. The van der Waals surface area contributed by atoms with Crippen molar-refractivity contribution < 1.29 is 9.53 Å². The standard InChI is InChI=1S/C30H27N5O4S/c1-39-24-14-12-23(13-15-24)35-19-25(22-10-6-3-7-11-22)31-30(35)40-20-28(37)32-26-18-27(36)33-29(38)34(26)17-16-21-8-4-2-5-9-21/h2-15,18-19H,16-17,20H2,1H3,(H,32,37)(H,33,36,38). The fourth-order valence-electron chi connectivity index (χ4n) is 4.18. The topological polar surface area (TPSA) is 111 Å². The number of imidazole rings is 1. The Morgan fingerprint density at radius 3 is 2.38 bits per heavy atom. The number of hydrogen-bond donors (Lipinski definition) is 2. The van der Waals surface area contributed by atoms with Crippen LogP contribution in [0.5, 0.6) is 5.75 Å². The van der Waals surface area contributed by atoms with E-state index in [1.807, 2.05) is 95.7 Å². The molecule has 3 aromatic carbocycles. The largest absolute Gasteiger partial charge is 0.497 e. The zero-order valence-corrected chi connectivity index (χ0v) is 22.6. The Hall–Kier alpha value is -4.83. The van der Waals surface area contributed by atoms with E-state index in [2.05, 4.69) is 10.3 Å². The zero-order chi connectivity index (χ0) is 27.9. The maximum Gasteiger partial charge on any atom is 0.329 e. The van der Waals surface area contributed by atoms with Gasteiger partial charge in [-0.25, -0.2) is 9.78 Å². The van der Waals surface area contributed by atoms with Crippen molar-refractivity contribution >= 4 is 23.5 Å². The van der Waals surface area contributed by atoms with Crippen LogP contribution in [0.3, 0.4) is 0 Å². The molecule has 0 aliphatic heterocycles. The average molecular weight is 554 g/mol. The van der Waals surface area contributed by atoms with E-state index < -0.39 is 11.2 Å². The predicted molar refractivity (Wildman–Crippen MR) is 156 cm³/mol. The monoisotopic (exact) mass is 553 g/mol. The molecule has 0 aliphatic carbocycles. The van der Waals surface area contributed by atoms with Gasteiger partial charge >= 0.3 is 5.69 Å². The first-order valence-corrected chi connectivity index (χ1v) is 13.6. The summed E-state index contributed by atoms with van der Waals surface area (Å²) in [6.45, 7) is 0.296. The summed E-state index contributed by atoms with van der Waals surface area (Å²) in [4.78, 5) is 44.7. The molecule has 0 atom stereocenters. The molecular weight excluding hydrogens is 526 g/mol. The molecule has 10 heteroatoms. The number of benzene rings is 3. The lowest BCUT2D eigenvalue weighted by Gasteiger charge is -2.13. The SMILES string of the molecule is COc1ccc(-n2cc(-c3ccccc3)nc2SCC(=O)Nc2cc(=O)[nH]c(=O)n2CCc2ccccc2)cc1. The number of nitrogens with one attached hydrogen (secondary N) is 2. The molecule has 0 fully saturated rings. The molecule has 0 saturated heterocycles. The van der Waals surface area contributed by atoms with Crippen molar-refractivity contribution in [2.24, 2.45) is 0 Å². The van der Waals surface area contributed by atoms with Crippen molar-refractivity contribution in [1.29, 1.82) is 0 Å². The fraction of sp³-hybridized carbons (Fsp3) is 0.133. The summed E-state index contributed by atoms with van der Waals surface area (Å²) in [5.41, 5.74) is 2.46. The van der Waals surface area contributed by atoms with E-state index in [9.17, 15) is 14.4 Å². The second kappa shape index (κ2) is 12.4. The van der Waals surface area contributed by atoms with Gasteiger partial charge in [-0.1, -0.05) is 72.4 Å². The average Bonchev–Trinajstić information content (AvgIpc) is 3.41. The van der Waals surface area contributed by atoms with Crippen molar-refractivity contribution in [3.05, 3.63) is 124 Å². The minimum absolute atomic E-state index is 0.0150. The van der Waals surface area contributed by atoms with Gasteiger partial charge in [0.25, 0.3) is 5.56 Å². The minimum Gasteiger partial charge on any atom is -0.497 e. The van der Waals surface area contributed by atoms with E-state index in [1.54, 1.807) is 7.11 Å². The van der Waals surface area contributed by atoms with Crippen molar-refractivity contribution in [3.63, 3.8) is 0 Å². The molecule has 0 unspecified atom stereocenters. The van der Waals surface area contributed by atoms with Crippen LogP contribution in [-0.4, -0.2) is 37.9 Å². The molecule has 2 aromatic heterocycles. The lowest BCUT2D eigenvalue weighted by Crippen LogP contribution is -2.33. The molecule has 0 bridgehead atoms. The lowest BCUT2D eigenvalue weighted by atomic mass is 10.1. The first-order chi connectivity index (χ1) is 19.5. The molecule has 5 rings (SSSR count).